The standard InChI is InChI=1S/C66H64N2O2.C28H15F3O5S.C20H27N/c1-63(2,3)45-15-25-49(26-16-45)67(50-27-17-46(18-28-50)64(4,5)6)53-23-13-41-37-57-55-33-34-56-58-38-42-14-24-54(36-44(42)40-60(58)70-62(56)61(55)69-59(57)39-43(41)35-53)68(51-29-19-47(20-30-51)65(7,8)9)52-31-21-48(22-32-52)66(10,11)12;1-14-2-3-15-10-22-20-6-7-21-23-11-16-4-5-19(36-37(32,33)28(29,30)31)9-18(16)13-25(23)35-27(21)26(20)34-24(22)12-17(15)8-14;1-19(2,3)15-7-11-17(12-8-15)21-18-13-9-16(10-14-18)20(4,5)6/h13-40H,1-12H3;2-13H,1H3;7-14,21H,1-6H3. The lowest BCUT2D eigenvalue weighted by Gasteiger charge is -2.28. The van der Waals surface area contributed by atoms with Crippen LogP contribution >= 0.6 is 0 Å². The molecule has 0 aliphatic carbocycles. The number of fused-ring (bicyclic) bond motifs is 18. The number of aryl methyl sites for hydroxylation is 1. The second-order valence-electron chi connectivity index (χ2n) is 40.5. The van der Waals surface area contributed by atoms with Crippen molar-refractivity contribution < 1.29 is 43.4 Å². The molecule has 14 heteroatoms. The molecule has 4 aromatic heterocycles. The highest BCUT2D eigenvalue weighted by Gasteiger charge is 2.48. The Labute approximate surface area is 745 Å². The maximum atomic E-state index is 12.7. The molecule has 16 aromatic carbocycles. The van der Waals surface area contributed by atoms with E-state index in [-0.39, 0.29) is 32.5 Å². The number of alkyl halides is 3. The van der Waals surface area contributed by atoms with Gasteiger partial charge in [-0.05, 0) is 298 Å². The lowest BCUT2D eigenvalue weighted by atomic mass is 9.86. The lowest BCUT2D eigenvalue weighted by Crippen LogP contribution is -2.28. The van der Waals surface area contributed by atoms with Gasteiger partial charge in [0, 0.05) is 88.6 Å². The number of nitrogens with zero attached hydrogens (tertiary/aromatic N) is 2. The number of hydrogen-bond donors (Lipinski definition) is 1. The smallest absolute Gasteiger partial charge is 0.452 e. The van der Waals surface area contributed by atoms with Crippen LogP contribution in [0, 0.1) is 6.92 Å². The Balaban J connectivity index is 0.000000157. The molecule has 0 fully saturated rings. The number of furan rings is 4. The number of nitrogens with one attached hydrogen (secondary N) is 1. The Kier molecular flexibility index (Phi) is 20.9. The van der Waals surface area contributed by atoms with Gasteiger partial charge in [-0.15, -0.1) is 0 Å². The van der Waals surface area contributed by atoms with E-state index < -0.39 is 21.4 Å². The Hall–Kier alpha value is -13.3. The van der Waals surface area contributed by atoms with Crippen molar-refractivity contribution in [3.63, 3.8) is 0 Å². The van der Waals surface area contributed by atoms with Gasteiger partial charge in [-0.3, -0.25) is 0 Å². The van der Waals surface area contributed by atoms with E-state index >= 15 is 0 Å². The third kappa shape index (κ3) is 16.6. The second-order valence-corrected chi connectivity index (χ2v) is 42.0. The summed E-state index contributed by atoms with van der Waals surface area (Å²) in [6, 6.07) is 102. The number of hydrogen-bond acceptors (Lipinski definition) is 10. The minimum atomic E-state index is -5.77. The summed E-state index contributed by atoms with van der Waals surface area (Å²) >= 11 is 0. The van der Waals surface area contributed by atoms with Crippen molar-refractivity contribution in [3.8, 4) is 5.75 Å². The van der Waals surface area contributed by atoms with Gasteiger partial charge in [0.15, 0.2) is 22.3 Å². The fraction of sp³-hybridized carbons (Fsp3) is 0.228. The van der Waals surface area contributed by atoms with Crippen LogP contribution < -0.4 is 19.3 Å². The minimum absolute atomic E-state index is 0.0630. The molecule has 0 spiro atoms. The first-order valence-electron chi connectivity index (χ1n) is 43.8. The molecule has 0 atom stereocenters. The second kappa shape index (κ2) is 31.3. The average Bonchev–Trinajstić information content (AvgIpc) is 1.57. The highest BCUT2D eigenvalue weighted by atomic mass is 32.2. The van der Waals surface area contributed by atoms with Crippen molar-refractivity contribution in [2.45, 2.75) is 170 Å². The first-order chi connectivity index (χ1) is 60.4. The minimum Gasteiger partial charge on any atom is -0.452 e. The SMILES string of the molecule is CC(C)(C)c1ccc(N(c2ccc(C(C)(C)C)cc2)c2ccc3cc4c(cc3c2)oc2c4ccc3c4cc5ccc(N(c6ccc(C(C)(C)C)cc6)c6ccc(C(C)(C)C)cc6)cc5cc4oc32)cc1.CC(C)(C)c1ccc(Nc2ccc(C(C)(C)C)cc2)cc1.Cc1ccc2cc3c(cc2c1)oc1c3ccc2c3cc4ccc(OS(=O)(=O)C(F)(F)F)cc4cc3oc21. The van der Waals surface area contributed by atoms with Crippen LogP contribution in [0.4, 0.5) is 58.7 Å². The predicted molar refractivity (Wildman–Crippen MR) is 530 cm³/mol. The lowest BCUT2D eigenvalue weighted by molar-refractivity contribution is -0.0500. The van der Waals surface area contributed by atoms with E-state index in [4.69, 9.17) is 17.7 Å². The van der Waals surface area contributed by atoms with Gasteiger partial charge in [0.1, 0.15) is 28.1 Å². The van der Waals surface area contributed by atoms with Crippen LogP contribution in [-0.4, -0.2) is 13.9 Å². The van der Waals surface area contributed by atoms with Gasteiger partial charge in [-0.25, -0.2) is 0 Å². The first-order valence-corrected chi connectivity index (χ1v) is 45.2. The monoisotopic (exact) mass is 1720 g/mol. The summed E-state index contributed by atoms with van der Waals surface area (Å²) in [6.45, 7) is 42.6. The molecule has 4 heterocycles. The zero-order valence-electron chi connectivity index (χ0n) is 76.0. The van der Waals surface area contributed by atoms with E-state index in [0.717, 1.165) is 154 Å². The highest BCUT2D eigenvalue weighted by molar-refractivity contribution is 7.88. The molecule has 0 saturated heterocycles. The van der Waals surface area contributed by atoms with E-state index in [1.807, 2.05) is 31.2 Å². The third-order valence-electron chi connectivity index (χ3n) is 24.8. The molecular formula is C114H106F3N3O7S. The van der Waals surface area contributed by atoms with E-state index in [0.29, 0.717) is 27.5 Å². The molecule has 128 heavy (non-hydrogen) atoms. The average molecular weight is 1720 g/mol. The third-order valence-corrected chi connectivity index (χ3v) is 25.8. The summed E-state index contributed by atoms with van der Waals surface area (Å²) in [5.41, 5.74) is 18.7. The van der Waals surface area contributed by atoms with Crippen molar-refractivity contribution in [1.29, 1.82) is 0 Å². The molecule has 0 bridgehead atoms. The topological polar surface area (TPSA) is 114 Å². The van der Waals surface area contributed by atoms with Gasteiger partial charge in [-0.1, -0.05) is 239 Å². The van der Waals surface area contributed by atoms with Crippen LogP contribution in [-0.2, 0) is 42.6 Å². The molecule has 10 nitrogen and oxygen atoms in total. The van der Waals surface area contributed by atoms with E-state index in [1.54, 1.807) is 6.07 Å². The summed E-state index contributed by atoms with van der Waals surface area (Å²) in [5.74, 6) is -0.442. The van der Waals surface area contributed by atoms with Crippen LogP contribution in [0.3, 0.4) is 0 Å². The fourth-order valence-electron chi connectivity index (χ4n) is 17.3. The Bertz CT molecular complexity index is 7410. The van der Waals surface area contributed by atoms with Gasteiger partial charge < -0.3 is 37.0 Å². The molecule has 646 valence electrons. The molecule has 0 aliphatic rings. The summed E-state index contributed by atoms with van der Waals surface area (Å²) < 4.78 is 91.4. The van der Waals surface area contributed by atoms with Crippen molar-refractivity contribution in [3.05, 3.63) is 330 Å². The first kappa shape index (κ1) is 85.5. The molecular weight excluding hydrogens is 1610 g/mol. The van der Waals surface area contributed by atoms with Gasteiger partial charge in [0.05, 0.1) is 0 Å². The Morgan fingerprint density at radius 3 is 0.773 bits per heavy atom. The molecule has 20 aromatic rings. The van der Waals surface area contributed by atoms with E-state index in [9.17, 15) is 21.6 Å². The number of halogens is 3. The summed E-state index contributed by atoms with van der Waals surface area (Å²) in [7, 11) is -5.77. The molecule has 0 aliphatic heterocycles. The number of benzene rings is 16. The molecule has 1 N–H and O–H groups in total. The fourth-order valence-corrected chi connectivity index (χ4v) is 17.7. The molecule has 0 saturated carbocycles. The van der Waals surface area contributed by atoms with Crippen LogP contribution in [0.5, 0.6) is 5.75 Å². The molecule has 0 amide bonds. The van der Waals surface area contributed by atoms with Gasteiger partial charge in [0.25, 0.3) is 0 Å². The Morgan fingerprint density at radius 2 is 0.500 bits per heavy atom. The highest BCUT2D eigenvalue weighted by Crippen LogP contribution is 2.48. The van der Waals surface area contributed by atoms with Crippen LogP contribution in [0.15, 0.2) is 309 Å². The maximum absolute atomic E-state index is 12.7. The number of anilines is 8. The molecule has 0 radical (unpaired) electrons. The van der Waals surface area contributed by atoms with Crippen molar-refractivity contribution in [2.75, 3.05) is 15.1 Å². The molecule has 0 unspecified atom stereocenters. The largest absolute Gasteiger partial charge is 0.534 e. The quantitative estimate of drug-likeness (QED) is 0.105. The summed E-state index contributed by atoms with van der Waals surface area (Å²) in [5, 5.41) is 19.0. The summed E-state index contributed by atoms with van der Waals surface area (Å²) in [4.78, 5) is 4.72. The van der Waals surface area contributed by atoms with Gasteiger partial charge in [0.2, 0.25) is 0 Å². The normalized spacial score (nSPS) is 12.8. The van der Waals surface area contributed by atoms with Gasteiger partial charge in [-0.2, -0.15) is 21.6 Å². The van der Waals surface area contributed by atoms with Crippen molar-refractivity contribution >= 4 is 186 Å². The van der Waals surface area contributed by atoms with Crippen LogP contribution in [0.1, 0.15) is 164 Å². The van der Waals surface area contributed by atoms with E-state index in [2.05, 4.69) is 387 Å². The van der Waals surface area contributed by atoms with Crippen molar-refractivity contribution in [1.82, 2.24) is 0 Å². The Morgan fingerprint density at radius 1 is 0.258 bits per heavy atom. The predicted octanol–water partition coefficient (Wildman–Crippen LogP) is 34.3. The zero-order chi connectivity index (χ0) is 90.4. The van der Waals surface area contributed by atoms with E-state index in [1.165, 1.54) is 51.6 Å². The van der Waals surface area contributed by atoms with Crippen LogP contribution in [0.2, 0.25) is 0 Å². The zero-order valence-corrected chi connectivity index (χ0v) is 76.8. The maximum Gasteiger partial charge on any atom is 0.534 e. The van der Waals surface area contributed by atoms with Crippen LogP contribution in [0.25, 0.3) is 131 Å². The van der Waals surface area contributed by atoms with Crippen molar-refractivity contribution in [2.24, 2.45) is 0 Å². The summed E-state index contributed by atoms with van der Waals surface area (Å²) in [6.07, 6.45) is 0. The number of rotatable bonds is 10. The van der Waals surface area contributed by atoms with Gasteiger partial charge >= 0.3 is 15.6 Å². The molecule has 20 rings (SSSR count).